The topological polar surface area (TPSA) is 58.1 Å². The third-order valence-electron chi connectivity index (χ3n) is 4.87. The highest BCUT2D eigenvalue weighted by atomic mass is 16.5. The van der Waals surface area contributed by atoms with Gasteiger partial charge in [0.15, 0.2) is 5.96 Å². The van der Waals surface area contributed by atoms with Crippen LogP contribution in [0.25, 0.3) is 0 Å². The molecule has 0 aliphatic carbocycles. The van der Waals surface area contributed by atoms with Gasteiger partial charge < -0.3 is 20.1 Å². The molecule has 1 fully saturated rings. The van der Waals surface area contributed by atoms with E-state index in [0.29, 0.717) is 6.10 Å². The van der Waals surface area contributed by atoms with Crippen molar-refractivity contribution in [2.45, 2.75) is 45.3 Å². The number of benzene rings is 1. The van der Waals surface area contributed by atoms with Gasteiger partial charge in [-0.3, -0.25) is 9.89 Å². The van der Waals surface area contributed by atoms with Crippen molar-refractivity contribution >= 4 is 5.96 Å². The molecule has 0 bridgehead atoms. The van der Waals surface area contributed by atoms with Gasteiger partial charge in [-0.25, -0.2) is 0 Å². The zero-order valence-corrected chi connectivity index (χ0v) is 17.7. The van der Waals surface area contributed by atoms with Crippen LogP contribution in [-0.2, 0) is 16.0 Å². The van der Waals surface area contributed by atoms with E-state index in [9.17, 15) is 0 Å². The summed E-state index contributed by atoms with van der Waals surface area (Å²) in [6.45, 7) is 9.46. The van der Waals surface area contributed by atoms with E-state index in [-0.39, 0.29) is 0 Å². The summed E-state index contributed by atoms with van der Waals surface area (Å²) in [6, 6.07) is 10.7. The van der Waals surface area contributed by atoms with Crippen molar-refractivity contribution < 1.29 is 9.47 Å². The van der Waals surface area contributed by atoms with Crippen molar-refractivity contribution in [3.8, 4) is 0 Å². The highest BCUT2D eigenvalue weighted by Gasteiger charge is 2.19. The van der Waals surface area contributed by atoms with Crippen molar-refractivity contribution in [2.24, 2.45) is 4.99 Å². The molecule has 28 heavy (non-hydrogen) atoms. The molecule has 0 spiro atoms. The second-order valence-electron chi connectivity index (χ2n) is 7.22. The summed E-state index contributed by atoms with van der Waals surface area (Å²) in [5.41, 5.74) is 1.40. The molecular formula is C22H38N4O2. The first kappa shape index (κ1) is 22.7. The molecule has 6 heteroatoms. The van der Waals surface area contributed by atoms with Crippen LogP contribution in [-0.4, -0.2) is 70.0 Å². The predicted molar refractivity (Wildman–Crippen MR) is 116 cm³/mol. The minimum Gasteiger partial charge on any atom is -0.385 e. The van der Waals surface area contributed by atoms with Crippen molar-refractivity contribution in [3.63, 3.8) is 0 Å². The lowest BCUT2D eigenvalue weighted by Gasteiger charge is -2.32. The Balaban J connectivity index is 1.53. The number of guanidine groups is 1. The van der Waals surface area contributed by atoms with E-state index in [1.165, 1.54) is 5.56 Å². The third kappa shape index (κ3) is 9.53. The molecule has 0 saturated carbocycles. The Hall–Kier alpha value is -1.63. The molecule has 0 aromatic heterocycles. The zero-order valence-electron chi connectivity index (χ0n) is 17.7. The van der Waals surface area contributed by atoms with Crippen LogP contribution in [0, 0.1) is 0 Å². The highest BCUT2D eigenvalue weighted by molar-refractivity contribution is 5.79. The van der Waals surface area contributed by atoms with Crippen LogP contribution in [0.4, 0.5) is 0 Å². The van der Waals surface area contributed by atoms with E-state index < -0.39 is 0 Å². The Morgan fingerprint density at radius 3 is 2.61 bits per heavy atom. The number of likely N-dealkylation sites (tertiary alicyclic amines) is 1. The number of hydrogen-bond acceptors (Lipinski definition) is 4. The second-order valence-corrected chi connectivity index (χ2v) is 7.22. The average Bonchev–Trinajstić information content (AvgIpc) is 2.73. The van der Waals surface area contributed by atoms with Gasteiger partial charge in [-0.2, -0.15) is 0 Å². The van der Waals surface area contributed by atoms with E-state index >= 15 is 0 Å². The maximum atomic E-state index is 6.09. The van der Waals surface area contributed by atoms with E-state index in [4.69, 9.17) is 9.47 Å². The molecule has 1 aromatic rings. The van der Waals surface area contributed by atoms with E-state index in [1.54, 1.807) is 7.11 Å². The Morgan fingerprint density at radius 2 is 1.89 bits per heavy atom. The number of ether oxygens (including phenoxy) is 2. The minimum absolute atomic E-state index is 0.406. The largest absolute Gasteiger partial charge is 0.385 e. The lowest BCUT2D eigenvalue weighted by Crippen LogP contribution is -2.39. The summed E-state index contributed by atoms with van der Waals surface area (Å²) in [5.74, 6) is 0.882. The fraction of sp³-hybridized carbons (Fsp3) is 0.682. The van der Waals surface area contributed by atoms with Crippen LogP contribution in [0.15, 0.2) is 35.3 Å². The van der Waals surface area contributed by atoms with Crippen molar-refractivity contribution in [3.05, 3.63) is 35.9 Å². The van der Waals surface area contributed by atoms with Gasteiger partial charge in [-0.15, -0.1) is 0 Å². The zero-order chi connectivity index (χ0) is 19.9. The van der Waals surface area contributed by atoms with Crippen LogP contribution >= 0.6 is 0 Å². The van der Waals surface area contributed by atoms with Crippen molar-refractivity contribution in [2.75, 3.05) is 53.0 Å². The average molecular weight is 391 g/mol. The van der Waals surface area contributed by atoms with Crippen LogP contribution in [0.5, 0.6) is 0 Å². The van der Waals surface area contributed by atoms with Crippen LogP contribution in [0.1, 0.15) is 38.2 Å². The lowest BCUT2D eigenvalue weighted by atomic mass is 10.1. The lowest BCUT2D eigenvalue weighted by molar-refractivity contribution is 0.00534. The SMILES string of the molecule is CCNC(=NCCCOC)NCCCOC1CCN(Cc2ccccc2)CC1. The van der Waals surface area contributed by atoms with Crippen molar-refractivity contribution in [1.29, 1.82) is 0 Å². The first-order valence-corrected chi connectivity index (χ1v) is 10.7. The predicted octanol–water partition coefficient (Wildman–Crippen LogP) is 2.65. The standard InChI is InChI=1S/C22H38N4O2/c1-3-23-22(24-13-7-17-27-2)25-14-8-18-28-21-11-15-26(16-12-21)19-20-9-5-4-6-10-20/h4-6,9-10,21H,3,7-8,11-19H2,1-2H3,(H2,23,24,25). The highest BCUT2D eigenvalue weighted by Crippen LogP contribution is 2.16. The summed E-state index contributed by atoms with van der Waals surface area (Å²) in [5, 5.41) is 6.66. The number of nitrogens with zero attached hydrogens (tertiary/aromatic N) is 2. The molecule has 0 unspecified atom stereocenters. The van der Waals surface area contributed by atoms with Crippen LogP contribution < -0.4 is 10.6 Å². The molecule has 6 nitrogen and oxygen atoms in total. The molecule has 2 N–H and O–H groups in total. The molecule has 0 amide bonds. The smallest absolute Gasteiger partial charge is 0.191 e. The first-order valence-electron chi connectivity index (χ1n) is 10.7. The maximum Gasteiger partial charge on any atom is 0.191 e. The van der Waals surface area contributed by atoms with Crippen LogP contribution in [0.2, 0.25) is 0 Å². The van der Waals surface area contributed by atoms with Gasteiger partial charge in [0.05, 0.1) is 6.10 Å². The summed E-state index contributed by atoms with van der Waals surface area (Å²) in [6.07, 6.45) is 4.60. The number of methoxy groups -OCH3 is 1. The van der Waals surface area contributed by atoms with E-state index in [0.717, 1.165) is 84.1 Å². The summed E-state index contributed by atoms with van der Waals surface area (Å²) in [4.78, 5) is 7.08. The second kappa shape index (κ2) is 14.4. The third-order valence-corrected chi connectivity index (χ3v) is 4.87. The first-order chi connectivity index (χ1) is 13.8. The maximum absolute atomic E-state index is 6.09. The quantitative estimate of drug-likeness (QED) is 0.326. The molecule has 1 heterocycles. The normalized spacial score (nSPS) is 16.3. The summed E-state index contributed by atoms with van der Waals surface area (Å²) < 4.78 is 11.2. The number of aliphatic imine (C=N–C) groups is 1. The monoisotopic (exact) mass is 390 g/mol. The molecule has 1 aliphatic rings. The minimum atomic E-state index is 0.406. The van der Waals surface area contributed by atoms with E-state index in [1.807, 2.05) is 0 Å². The fourth-order valence-electron chi connectivity index (χ4n) is 3.35. The van der Waals surface area contributed by atoms with Gasteiger partial charge in [0.2, 0.25) is 0 Å². The molecule has 0 radical (unpaired) electrons. The Bertz CT molecular complexity index is 531. The number of hydrogen-bond donors (Lipinski definition) is 2. The van der Waals surface area contributed by atoms with Gasteiger partial charge in [0.1, 0.15) is 0 Å². The molecule has 1 saturated heterocycles. The van der Waals surface area contributed by atoms with Gasteiger partial charge in [-0.1, -0.05) is 30.3 Å². The van der Waals surface area contributed by atoms with Gasteiger partial charge in [-0.05, 0) is 38.2 Å². The number of nitrogens with one attached hydrogen (secondary N) is 2. The Morgan fingerprint density at radius 1 is 1.11 bits per heavy atom. The number of piperidine rings is 1. The van der Waals surface area contributed by atoms with Gasteiger partial charge in [0, 0.05) is 59.6 Å². The molecule has 158 valence electrons. The van der Waals surface area contributed by atoms with Crippen molar-refractivity contribution in [1.82, 2.24) is 15.5 Å². The Labute approximate surface area is 170 Å². The molecule has 1 aliphatic heterocycles. The Kier molecular flexibility index (Phi) is 11.6. The van der Waals surface area contributed by atoms with Gasteiger partial charge in [0.25, 0.3) is 0 Å². The molecule has 0 atom stereocenters. The van der Waals surface area contributed by atoms with Crippen LogP contribution in [0.3, 0.4) is 0 Å². The fourth-order valence-corrected chi connectivity index (χ4v) is 3.35. The summed E-state index contributed by atoms with van der Waals surface area (Å²) >= 11 is 0. The van der Waals surface area contributed by atoms with E-state index in [2.05, 4.69) is 57.8 Å². The summed E-state index contributed by atoms with van der Waals surface area (Å²) in [7, 11) is 1.72. The molecular weight excluding hydrogens is 352 g/mol. The molecule has 2 rings (SSSR count). The number of rotatable bonds is 12. The van der Waals surface area contributed by atoms with Gasteiger partial charge >= 0.3 is 0 Å². The molecule has 1 aromatic carbocycles.